The van der Waals surface area contributed by atoms with Crippen LogP contribution in [0.1, 0.15) is 34.6 Å². The number of nitrogens with zero attached hydrogens (tertiary/aromatic N) is 1. The molecule has 118 valence electrons. The van der Waals surface area contributed by atoms with Crippen molar-refractivity contribution >= 4 is 17.8 Å². The molecule has 0 radical (unpaired) electrons. The largest absolute Gasteiger partial charge is 0.465 e. The van der Waals surface area contributed by atoms with Crippen LogP contribution < -0.4 is 5.32 Å². The van der Waals surface area contributed by atoms with Gasteiger partial charge in [-0.25, -0.2) is 4.79 Å². The lowest BCUT2D eigenvalue weighted by molar-refractivity contribution is -0.129. The van der Waals surface area contributed by atoms with Crippen molar-refractivity contribution in [2.45, 2.75) is 19.9 Å². The third-order valence-corrected chi connectivity index (χ3v) is 3.68. The van der Waals surface area contributed by atoms with Gasteiger partial charge < -0.3 is 15.0 Å². The van der Waals surface area contributed by atoms with Crippen LogP contribution in [0.2, 0.25) is 0 Å². The highest BCUT2D eigenvalue weighted by molar-refractivity contribution is 6.00. The van der Waals surface area contributed by atoms with Gasteiger partial charge in [0.15, 0.2) is 0 Å². The Hall–Kier alpha value is -2.37. The summed E-state index contributed by atoms with van der Waals surface area (Å²) in [5, 5.41) is 2.78. The van der Waals surface area contributed by atoms with Crippen LogP contribution in [0.3, 0.4) is 0 Å². The van der Waals surface area contributed by atoms with Gasteiger partial charge in [-0.1, -0.05) is 19.9 Å². The molecule has 0 aliphatic carbocycles. The van der Waals surface area contributed by atoms with E-state index in [0.29, 0.717) is 24.2 Å². The molecule has 1 aliphatic rings. The molecule has 6 nitrogen and oxygen atoms in total. The van der Waals surface area contributed by atoms with E-state index in [2.05, 4.69) is 10.1 Å². The number of amides is 2. The minimum Gasteiger partial charge on any atom is -0.465 e. The Morgan fingerprint density at radius 3 is 2.64 bits per heavy atom. The molecule has 1 saturated heterocycles. The first-order valence-electron chi connectivity index (χ1n) is 7.22. The highest BCUT2D eigenvalue weighted by atomic mass is 16.5. The van der Waals surface area contributed by atoms with Crippen molar-refractivity contribution in [1.82, 2.24) is 10.2 Å². The Morgan fingerprint density at radius 2 is 2.00 bits per heavy atom. The number of piperazine rings is 1. The van der Waals surface area contributed by atoms with Gasteiger partial charge >= 0.3 is 5.97 Å². The van der Waals surface area contributed by atoms with E-state index >= 15 is 0 Å². The Morgan fingerprint density at radius 1 is 1.32 bits per heavy atom. The molecule has 0 aromatic heterocycles. The molecule has 2 rings (SSSR count). The van der Waals surface area contributed by atoms with Gasteiger partial charge in [-0.3, -0.25) is 9.59 Å². The molecule has 2 amide bonds. The quantitative estimate of drug-likeness (QED) is 0.848. The first-order chi connectivity index (χ1) is 10.5. The van der Waals surface area contributed by atoms with Crippen molar-refractivity contribution in [2.75, 3.05) is 20.2 Å². The Kier molecular flexibility index (Phi) is 4.80. The van der Waals surface area contributed by atoms with Crippen molar-refractivity contribution in [3.05, 3.63) is 35.4 Å². The van der Waals surface area contributed by atoms with Gasteiger partial charge in [0.25, 0.3) is 5.91 Å². The standard InChI is InChI=1S/C16H20N2O4/c1-10(2)13-14(19)17-7-8-18(13)15(20)11-5-4-6-12(9-11)16(21)22-3/h4-6,9-10,13H,7-8H2,1-3H3,(H,17,19)/t13-/m1/s1. The molecule has 6 heteroatoms. The van der Waals surface area contributed by atoms with E-state index < -0.39 is 12.0 Å². The van der Waals surface area contributed by atoms with Crippen LogP contribution in [0.5, 0.6) is 0 Å². The number of rotatable bonds is 3. The van der Waals surface area contributed by atoms with Crippen LogP contribution in [0.4, 0.5) is 0 Å². The maximum Gasteiger partial charge on any atom is 0.337 e. The molecular weight excluding hydrogens is 284 g/mol. The second-order valence-corrected chi connectivity index (χ2v) is 5.55. The Bertz CT molecular complexity index is 598. The first kappa shape index (κ1) is 16.0. The molecule has 1 N–H and O–H groups in total. The third-order valence-electron chi connectivity index (χ3n) is 3.68. The van der Waals surface area contributed by atoms with Crippen molar-refractivity contribution < 1.29 is 19.1 Å². The summed E-state index contributed by atoms with van der Waals surface area (Å²) < 4.78 is 4.66. The normalized spacial score (nSPS) is 18.1. The lowest BCUT2D eigenvalue weighted by Gasteiger charge is -2.37. The molecular formula is C16H20N2O4. The van der Waals surface area contributed by atoms with E-state index in [4.69, 9.17) is 0 Å². The number of carbonyl (C=O) groups excluding carboxylic acids is 3. The number of methoxy groups -OCH3 is 1. The molecule has 1 aromatic carbocycles. The molecule has 1 heterocycles. The summed E-state index contributed by atoms with van der Waals surface area (Å²) in [6.45, 7) is 4.70. The average molecular weight is 304 g/mol. The van der Waals surface area contributed by atoms with E-state index in [0.717, 1.165) is 0 Å². The number of benzene rings is 1. The maximum absolute atomic E-state index is 12.7. The topological polar surface area (TPSA) is 75.7 Å². The first-order valence-corrected chi connectivity index (χ1v) is 7.22. The average Bonchev–Trinajstić information content (AvgIpc) is 2.52. The lowest BCUT2D eigenvalue weighted by atomic mass is 9.98. The van der Waals surface area contributed by atoms with Gasteiger partial charge in [0, 0.05) is 18.7 Å². The zero-order chi connectivity index (χ0) is 16.3. The summed E-state index contributed by atoms with van der Waals surface area (Å²) in [6, 6.07) is 5.86. The minimum atomic E-state index is -0.497. The second-order valence-electron chi connectivity index (χ2n) is 5.55. The zero-order valence-corrected chi connectivity index (χ0v) is 13.0. The van der Waals surface area contributed by atoms with Gasteiger partial charge in [-0.05, 0) is 24.1 Å². The summed E-state index contributed by atoms with van der Waals surface area (Å²) in [5.74, 6) is -0.877. The summed E-state index contributed by atoms with van der Waals surface area (Å²) in [6.07, 6.45) is 0. The van der Waals surface area contributed by atoms with Crippen LogP contribution in [0.15, 0.2) is 24.3 Å². The fourth-order valence-corrected chi connectivity index (χ4v) is 2.64. The Labute approximate surface area is 129 Å². The van der Waals surface area contributed by atoms with Gasteiger partial charge in [-0.2, -0.15) is 0 Å². The zero-order valence-electron chi connectivity index (χ0n) is 13.0. The van der Waals surface area contributed by atoms with Crippen LogP contribution >= 0.6 is 0 Å². The molecule has 0 spiro atoms. The number of hydrogen-bond acceptors (Lipinski definition) is 4. The van der Waals surface area contributed by atoms with Crippen LogP contribution in [-0.2, 0) is 9.53 Å². The van der Waals surface area contributed by atoms with E-state index in [1.54, 1.807) is 23.1 Å². The molecule has 0 saturated carbocycles. The predicted molar refractivity (Wildman–Crippen MR) is 80.5 cm³/mol. The number of ether oxygens (including phenoxy) is 1. The van der Waals surface area contributed by atoms with Crippen molar-refractivity contribution in [2.24, 2.45) is 5.92 Å². The van der Waals surface area contributed by atoms with E-state index in [-0.39, 0.29) is 17.7 Å². The predicted octanol–water partition coefficient (Wildman–Crippen LogP) is 1.07. The summed E-state index contributed by atoms with van der Waals surface area (Å²) in [5.41, 5.74) is 0.694. The monoisotopic (exact) mass is 304 g/mol. The SMILES string of the molecule is COC(=O)c1cccc(C(=O)N2CCNC(=O)[C@H]2C(C)C)c1. The van der Waals surface area contributed by atoms with Gasteiger partial charge in [-0.15, -0.1) is 0 Å². The molecule has 1 atom stereocenters. The molecule has 1 fully saturated rings. The summed E-state index contributed by atoms with van der Waals surface area (Å²) >= 11 is 0. The summed E-state index contributed by atoms with van der Waals surface area (Å²) in [7, 11) is 1.29. The molecule has 1 aromatic rings. The van der Waals surface area contributed by atoms with Gasteiger partial charge in [0.05, 0.1) is 12.7 Å². The highest BCUT2D eigenvalue weighted by Crippen LogP contribution is 2.18. The van der Waals surface area contributed by atoms with Crippen LogP contribution in [0, 0.1) is 5.92 Å². The summed E-state index contributed by atoms with van der Waals surface area (Å²) in [4.78, 5) is 37.9. The molecule has 0 unspecified atom stereocenters. The second kappa shape index (κ2) is 6.60. The third kappa shape index (κ3) is 3.10. The Balaban J connectivity index is 2.30. The van der Waals surface area contributed by atoms with Crippen molar-refractivity contribution in [3.63, 3.8) is 0 Å². The maximum atomic E-state index is 12.7. The fourth-order valence-electron chi connectivity index (χ4n) is 2.64. The smallest absolute Gasteiger partial charge is 0.337 e. The minimum absolute atomic E-state index is 0.00744. The van der Waals surface area contributed by atoms with Gasteiger partial charge in [0.2, 0.25) is 5.91 Å². The van der Waals surface area contributed by atoms with Crippen LogP contribution in [-0.4, -0.2) is 48.9 Å². The van der Waals surface area contributed by atoms with Crippen molar-refractivity contribution in [3.8, 4) is 0 Å². The number of nitrogens with one attached hydrogen (secondary N) is 1. The van der Waals surface area contributed by atoms with E-state index in [1.807, 2.05) is 13.8 Å². The van der Waals surface area contributed by atoms with Crippen LogP contribution in [0.25, 0.3) is 0 Å². The molecule has 0 bridgehead atoms. The lowest BCUT2D eigenvalue weighted by Crippen LogP contribution is -2.59. The molecule has 1 aliphatic heterocycles. The number of hydrogen-bond donors (Lipinski definition) is 1. The molecule has 22 heavy (non-hydrogen) atoms. The van der Waals surface area contributed by atoms with Gasteiger partial charge in [0.1, 0.15) is 6.04 Å². The van der Waals surface area contributed by atoms with E-state index in [9.17, 15) is 14.4 Å². The fraction of sp³-hybridized carbons (Fsp3) is 0.438. The number of esters is 1. The van der Waals surface area contributed by atoms with E-state index in [1.165, 1.54) is 13.2 Å². The highest BCUT2D eigenvalue weighted by Gasteiger charge is 2.35. The van der Waals surface area contributed by atoms with Crippen molar-refractivity contribution in [1.29, 1.82) is 0 Å². The number of carbonyl (C=O) groups is 3.